The molecule has 0 saturated heterocycles. The predicted octanol–water partition coefficient (Wildman–Crippen LogP) is 5.91. The van der Waals surface area contributed by atoms with Crippen LogP contribution < -0.4 is 0 Å². The molecule has 0 aromatic heterocycles. The van der Waals surface area contributed by atoms with Crippen molar-refractivity contribution in [3.8, 4) is 0 Å². The maximum atomic E-state index is 9.68. The summed E-state index contributed by atoms with van der Waals surface area (Å²) in [5, 5.41) is 9.68. The van der Waals surface area contributed by atoms with E-state index in [1.54, 1.807) is 0 Å². The third-order valence-electron chi connectivity index (χ3n) is 4.86. The molecule has 1 N–H and O–H groups in total. The SMILES string of the molecule is CCC(C)(C)CC(C)CCC(CO)C(C)CC(C)(C)C. The highest BCUT2D eigenvalue weighted by molar-refractivity contribution is 4.75. The summed E-state index contributed by atoms with van der Waals surface area (Å²) >= 11 is 0. The van der Waals surface area contributed by atoms with Crippen molar-refractivity contribution >= 4 is 0 Å². The van der Waals surface area contributed by atoms with E-state index >= 15 is 0 Å². The Morgan fingerprint density at radius 3 is 1.85 bits per heavy atom. The lowest BCUT2D eigenvalue weighted by atomic mass is 9.75. The van der Waals surface area contributed by atoms with Gasteiger partial charge in [0.25, 0.3) is 0 Å². The van der Waals surface area contributed by atoms with Crippen LogP contribution in [0.5, 0.6) is 0 Å². The Balaban J connectivity index is 4.25. The maximum Gasteiger partial charge on any atom is 0.0461 e. The van der Waals surface area contributed by atoms with E-state index in [0.29, 0.717) is 29.3 Å². The highest BCUT2D eigenvalue weighted by Gasteiger charge is 2.24. The van der Waals surface area contributed by atoms with Gasteiger partial charge in [0.05, 0.1) is 0 Å². The molecule has 0 bridgehead atoms. The van der Waals surface area contributed by atoms with Crippen LogP contribution in [0.2, 0.25) is 0 Å². The van der Waals surface area contributed by atoms with E-state index < -0.39 is 0 Å². The first-order chi connectivity index (χ1) is 9.00. The first kappa shape index (κ1) is 20.0. The Bertz CT molecular complexity index is 249. The molecular weight excluding hydrogens is 244 g/mol. The normalized spacial score (nSPS) is 17.9. The molecule has 0 aliphatic carbocycles. The highest BCUT2D eigenvalue weighted by atomic mass is 16.3. The largest absolute Gasteiger partial charge is 0.396 e. The Morgan fingerprint density at radius 1 is 0.900 bits per heavy atom. The van der Waals surface area contributed by atoms with Crippen LogP contribution in [0.1, 0.15) is 87.5 Å². The van der Waals surface area contributed by atoms with E-state index in [9.17, 15) is 5.11 Å². The standard InChI is InChI=1S/C19H40O/c1-9-19(7,8)12-15(2)10-11-17(14-20)16(3)13-18(4,5)6/h15-17,20H,9-14H2,1-8H3. The Kier molecular flexibility index (Phi) is 8.40. The molecule has 0 aromatic rings. The van der Waals surface area contributed by atoms with Crippen molar-refractivity contribution in [3.05, 3.63) is 0 Å². The predicted molar refractivity (Wildman–Crippen MR) is 90.9 cm³/mol. The highest BCUT2D eigenvalue weighted by Crippen LogP contribution is 2.34. The Morgan fingerprint density at radius 2 is 1.45 bits per heavy atom. The summed E-state index contributed by atoms with van der Waals surface area (Å²) in [6.45, 7) is 19.0. The Hall–Kier alpha value is -0.0400. The monoisotopic (exact) mass is 284 g/mol. The average Bonchev–Trinajstić information content (AvgIpc) is 2.26. The van der Waals surface area contributed by atoms with Crippen LogP contribution in [0.3, 0.4) is 0 Å². The van der Waals surface area contributed by atoms with Crippen molar-refractivity contribution in [3.63, 3.8) is 0 Å². The van der Waals surface area contributed by atoms with Crippen LogP contribution >= 0.6 is 0 Å². The van der Waals surface area contributed by atoms with Gasteiger partial charge in [-0.05, 0) is 47.8 Å². The van der Waals surface area contributed by atoms with E-state index in [2.05, 4.69) is 55.4 Å². The number of rotatable bonds is 9. The van der Waals surface area contributed by atoms with E-state index in [-0.39, 0.29) is 0 Å². The third-order valence-corrected chi connectivity index (χ3v) is 4.86. The van der Waals surface area contributed by atoms with Crippen molar-refractivity contribution in [2.75, 3.05) is 6.61 Å². The van der Waals surface area contributed by atoms with E-state index in [0.717, 1.165) is 5.92 Å². The lowest BCUT2D eigenvalue weighted by Crippen LogP contribution is -2.22. The molecule has 0 fully saturated rings. The smallest absolute Gasteiger partial charge is 0.0461 e. The molecule has 0 heterocycles. The summed E-state index contributed by atoms with van der Waals surface area (Å²) < 4.78 is 0. The topological polar surface area (TPSA) is 20.2 Å². The van der Waals surface area contributed by atoms with Crippen molar-refractivity contribution in [1.82, 2.24) is 0 Å². The van der Waals surface area contributed by atoms with E-state index in [1.807, 2.05) is 0 Å². The van der Waals surface area contributed by atoms with Gasteiger partial charge in [0.15, 0.2) is 0 Å². The maximum absolute atomic E-state index is 9.68. The van der Waals surface area contributed by atoms with Crippen LogP contribution in [0, 0.1) is 28.6 Å². The van der Waals surface area contributed by atoms with Crippen molar-refractivity contribution < 1.29 is 5.11 Å². The molecule has 1 nitrogen and oxygen atoms in total. The molecule has 0 spiro atoms. The van der Waals surface area contributed by atoms with Crippen molar-refractivity contribution in [2.45, 2.75) is 87.5 Å². The zero-order valence-corrected chi connectivity index (χ0v) is 15.4. The summed E-state index contributed by atoms with van der Waals surface area (Å²) in [5.74, 6) is 1.86. The molecule has 122 valence electrons. The molecule has 0 aliphatic rings. The van der Waals surface area contributed by atoms with Crippen LogP contribution in [-0.2, 0) is 0 Å². The summed E-state index contributed by atoms with van der Waals surface area (Å²) in [7, 11) is 0. The van der Waals surface area contributed by atoms with Crippen LogP contribution in [0.15, 0.2) is 0 Å². The zero-order valence-electron chi connectivity index (χ0n) is 15.4. The van der Waals surface area contributed by atoms with Gasteiger partial charge in [-0.2, -0.15) is 0 Å². The van der Waals surface area contributed by atoms with E-state index in [1.165, 1.54) is 32.1 Å². The second-order valence-corrected chi connectivity index (χ2v) is 9.09. The molecule has 1 heteroatoms. The minimum absolute atomic E-state index is 0.348. The fraction of sp³-hybridized carbons (Fsp3) is 1.00. The van der Waals surface area contributed by atoms with Gasteiger partial charge < -0.3 is 5.11 Å². The molecule has 0 rings (SSSR count). The first-order valence-corrected chi connectivity index (χ1v) is 8.61. The number of hydrogen-bond acceptors (Lipinski definition) is 1. The van der Waals surface area contributed by atoms with Gasteiger partial charge in [-0.15, -0.1) is 0 Å². The van der Waals surface area contributed by atoms with Gasteiger partial charge >= 0.3 is 0 Å². The van der Waals surface area contributed by atoms with E-state index in [4.69, 9.17) is 0 Å². The third kappa shape index (κ3) is 9.00. The minimum Gasteiger partial charge on any atom is -0.396 e. The Labute approximate surface area is 128 Å². The molecule has 0 saturated carbocycles. The number of aliphatic hydroxyl groups excluding tert-OH is 1. The average molecular weight is 285 g/mol. The van der Waals surface area contributed by atoms with Crippen LogP contribution in [0.4, 0.5) is 0 Å². The summed E-state index contributed by atoms with van der Waals surface area (Å²) in [4.78, 5) is 0. The second-order valence-electron chi connectivity index (χ2n) is 9.09. The quantitative estimate of drug-likeness (QED) is 0.558. The van der Waals surface area contributed by atoms with Crippen LogP contribution in [-0.4, -0.2) is 11.7 Å². The molecule has 0 aliphatic heterocycles. The molecule has 20 heavy (non-hydrogen) atoms. The van der Waals surface area contributed by atoms with Gasteiger partial charge in [-0.25, -0.2) is 0 Å². The fourth-order valence-electron chi connectivity index (χ4n) is 3.38. The number of aliphatic hydroxyl groups is 1. The van der Waals surface area contributed by atoms with Crippen LogP contribution in [0.25, 0.3) is 0 Å². The van der Waals surface area contributed by atoms with Gasteiger partial charge in [-0.1, -0.05) is 68.2 Å². The number of hydrogen-bond donors (Lipinski definition) is 1. The molecule has 3 atom stereocenters. The lowest BCUT2D eigenvalue weighted by Gasteiger charge is -2.31. The second kappa shape index (κ2) is 8.41. The molecule has 0 radical (unpaired) electrons. The fourth-order valence-corrected chi connectivity index (χ4v) is 3.38. The van der Waals surface area contributed by atoms with Gasteiger partial charge in [-0.3, -0.25) is 0 Å². The lowest BCUT2D eigenvalue weighted by molar-refractivity contribution is 0.134. The van der Waals surface area contributed by atoms with Gasteiger partial charge in [0.1, 0.15) is 0 Å². The molecule has 0 aromatic carbocycles. The molecule has 0 amide bonds. The van der Waals surface area contributed by atoms with Gasteiger partial charge in [0.2, 0.25) is 0 Å². The van der Waals surface area contributed by atoms with Crippen molar-refractivity contribution in [2.24, 2.45) is 28.6 Å². The first-order valence-electron chi connectivity index (χ1n) is 8.61. The summed E-state index contributed by atoms with van der Waals surface area (Å²) in [6, 6.07) is 0. The summed E-state index contributed by atoms with van der Waals surface area (Å²) in [5.41, 5.74) is 0.827. The minimum atomic E-state index is 0.348. The molecule has 3 unspecified atom stereocenters. The zero-order chi connectivity index (χ0) is 16.0. The molecular formula is C19H40O. The van der Waals surface area contributed by atoms with Crippen molar-refractivity contribution in [1.29, 1.82) is 0 Å². The van der Waals surface area contributed by atoms with Gasteiger partial charge in [0, 0.05) is 6.61 Å². The summed E-state index contributed by atoms with van der Waals surface area (Å²) in [6.07, 6.45) is 6.18.